The standard InChI is InChI=1S/C19H21NO2/c1-3-7-16(8-4-1)11-20-12-19(13-20)14-21-18(22-15-19)17-9-5-2-6-10-17/h1-10,18H,11-15H2. The SMILES string of the molecule is c1ccc(CN2CC3(COC(c4ccccc4)OC3)C2)cc1. The van der Waals surface area contributed by atoms with Crippen LogP contribution in [0.3, 0.4) is 0 Å². The molecule has 2 saturated heterocycles. The molecule has 1 spiro atoms. The minimum absolute atomic E-state index is 0.195. The van der Waals surface area contributed by atoms with E-state index in [-0.39, 0.29) is 11.7 Å². The van der Waals surface area contributed by atoms with Gasteiger partial charge in [0.25, 0.3) is 0 Å². The summed E-state index contributed by atoms with van der Waals surface area (Å²) in [5, 5.41) is 0. The van der Waals surface area contributed by atoms with E-state index in [1.807, 2.05) is 18.2 Å². The number of likely N-dealkylation sites (tertiary alicyclic amines) is 1. The van der Waals surface area contributed by atoms with Crippen LogP contribution in [0.25, 0.3) is 0 Å². The maximum Gasteiger partial charge on any atom is 0.183 e. The van der Waals surface area contributed by atoms with E-state index in [9.17, 15) is 0 Å². The molecule has 2 aromatic carbocycles. The van der Waals surface area contributed by atoms with Crippen LogP contribution < -0.4 is 0 Å². The van der Waals surface area contributed by atoms with Crippen molar-refractivity contribution in [2.45, 2.75) is 12.8 Å². The van der Waals surface area contributed by atoms with Gasteiger partial charge in [-0.1, -0.05) is 60.7 Å². The van der Waals surface area contributed by atoms with Crippen molar-refractivity contribution in [1.29, 1.82) is 0 Å². The lowest BCUT2D eigenvalue weighted by molar-refractivity contribution is -0.262. The van der Waals surface area contributed by atoms with Gasteiger partial charge in [0.05, 0.1) is 13.2 Å². The molecular weight excluding hydrogens is 274 g/mol. The van der Waals surface area contributed by atoms with E-state index in [1.54, 1.807) is 0 Å². The smallest absolute Gasteiger partial charge is 0.183 e. The zero-order valence-corrected chi connectivity index (χ0v) is 12.7. The van der Waals surface area contributed by atoms with Crippen LogP contribution in [-0.4, -0.2) is 31.2 Å². The van der Waals surface area contributed by atoms with Crippen molar-refractivity contribution in [2.24, 2.45) is 5.41 Å². The topological polar surface area (TPSA) is 21.7 Å². The Labute approximate surface area is 131 Å². The molecule has 114 valence electrons. The normalized spacial score (nSPS) is 21.6. The zero-order valence-electron chi connectivity index (χ0n) is 12.7. The lowest BCUT2D eigenvalue weighted by Crippen LogP contribution is -2.62. The van der Waals surface area contributed by atoms with Crippen molar-refractivity contribution < 1.29 is 9.47 Å². The summed E-state index contributed by atoms with van der Waals surface area (Å²) in [5.74, 6) is 0. The number of benzene rings is 2. The Morgan fingerprint density at radius 1 is 0.864 bits per heavy atom. The van der Waals surface area contributed by atoms with E-state index >= 15 is 0 Å². The second-order valence-electron chi connectivity index (χ2n) is 6.50. The Bertz CT molecular complexity index is 590. The second-order valence-corrected chi connectivity index (χ2v) is 6.50. The molecule has 0 bridgehead atoms. The molecule has 0 unspecified atom stereocenters. The van der Waals surface area contributed by atoms with Crippen LogP contribution in [0.4, 0.5) is 0 Å². The van der Waals surface area contributed by atoms with Gasteiger partial charge in [-0.2, -0.15) is 0 Å². The van der Waals surface area contributed by atoms with Gasteiger partial charge in [0, 0.05) is 30.6 Å². The summed E-state index contributed by atoms with van der Waals surface area (Å²) >= 11 is 0. The highest BCUT2D eigenvalue weighted by molar-refractivity contribution is 5.17. The highest BCUT2D eigenvalue weighted by Crippen LogP contribution is 2.39. The second kappa shape index (κ2) is 5.84. The Morgan fingerprint density at radius 2 is 1.45 bits per heavy atom. The van der Waals surface area contributed by atoms with Gasteiger partial charge in [-0.25, -0.2) is 0 Å². The Balaban J connectivity index is 1.30. The summed E-state index contributed by atoms with van der Waals surface area (Å²) in [5.41, 5.74) is 2.68. The van der Waals surface area contributed by atoms with Crippen molar-refractivity contribution in [3.63, 3.8) is 0 Å². The maximum atomic E-state index is 5.97. The highest BCUT2D eigenvalue weighted by Gasteiger charge is 2.46. The molecule has 0 amide bonds. The van der Waals surface area contributed by atoms with Gasteiger partial charge in [-0.05, 0) is 5.56 Å². The minimum Gasteiger partial charge on any atom is -0.348 e. The fourth-order valence-electron chi connectivity index (χ4n) is 3.44. The van der Waals surface area contributed by atoms with Gasteiger partial charge in [-0.3, -0.25) is 4.90 Å². The number of nitrogens with zero attached hydrogens (tertiary/aromatic N) is 1. The lowest BCUT2D eigenvalue weighted by atomic mass is 9.80. The first-order valence-corrected chi connectivity index (χ1v) is 7.88. The summed E-state index contributed by atoms with van der Waals surface area (Å²) in [6, 6.07) is 20.8. The number of hydrogen-bond acceptors (Lipinski definition) is 3. The average Bonchev–Trinajstić information content (AvgIpc) is 2.56. The van der Waals surface area contributed by atoms with Crippen LogP contribution in [0.5, 0.6) is 0 Å². The van der Waals surface area contributed by atoms with Crippen molar-refractivity contribution >= 4 is 0 Å². The largest absolute Gasteiger partial charge is 0.348 e. The summed E-state index contributed by atoms with van der Waals surface area (Å²) < 4.78 is 11.9. The third kappa shape index (κ3) is 2.80. The van der Waals surface area contributed by atoms with Gasteiger partial charge < -0.3 is 9.47 Å². The monoisotopic (exact) mass is 295 g/mol. The molecule has 3 nitrogen and oxygen atoms in total. The Hall–Kier alpha value is -1.68. The maximum absolute atomic E-state index is 5.97. The predicted octanol–water partition coefficient (Wildman–Crippen LogP) is 3.23. The van der Waals surface area contributed by atoms with Crippen LogP contribution in [0.1, 0.15) is 17.4 Å². The van der Waals surface area contributed by atoms with Gasteiger partial charge >= 0.3 is 0 Å². The van der Waals surface area contributed by atoms with E-state index in [1.165, 1.54) is 5.56 Å². The molecule has 3 heteroatoms. The van der Waals surface area contributed by atoms with Crippen LogP contribution in [-0.2, 0) is 16.0 Å². The first-order chi connectivity index (χ1) is 10.8. The first-order valence-electron chi connectivity index (χ1n) is 7.88. The zero-order chi connectivity index (χ0) is 14.8. The van der Waals surface area contributed by atoms with E-state index in [0.717, 1.165) is 38.4 Å². The summed E-state index contributed by atoms with van der Waals surface area (Å²) in [6.45, 7) is 4.72. The molecule has 2 aliphatic rings. The number of ether oxygens (including phenoxy) is 2. The Kier molecular flexibility index (Phi) is 3.70. The predicted molar refractivity (Wildman–Crippen MR) is 85.2 cm³/mol. The molecule has 0 aromatic heterocycles. The molecule has 0 atom stereocenters. The first kappa shape index (κ1) is 13.9. The minimum atomic E-state index is -0.199. The highest BCUT2D eigenvalue weighted by atomic mass is 16.7. The van der Waals surface area contributed by atoms with Crippen molar-refractivity contribution in [2.75, 3.05) is 26.3 Å². The van der Waals surface area contributed by atoms with Crippen LogP contribution in [0.2, 0.25) is 0 Å². The molecule has 2 aromatic rings. The molecule has 2 fully saturated rings. The van der Waals surface area contributed by atoms with Crippen LogP contribution >= 0.6 is 0 Å². The average molecular weight is 295 g/mol. The van der Waals surface area contributed by atoms with Gasteiger partial charge in [0.1, 0.15) is 0 Å². The number of hydrogen-bond donors (Lipinski definition) is 0. The summed E-state index contributed by atoms with van der Waals surface area (Å²) in [6.07, 6.45) is -0.199. The molecule has 22 heavy (non-hydrogen) atoms. The van der Waals surface area contributed by atoms with Crippen molar-refractivity contribution in [3.8, 4) is 0 Å². The van der Waals surface area contributed by atoms with Crippen molar-refractivity contribution in [3.05, 3.63) is 71.8 Å². The molecule has 2 aliphatic heterocycles. The molecule has 0 aliphatic carbocycles. The molecule has 2 heterocycles. The molecule has 0 saturated carbocycles. The third-order valence-electron chi connectivity index (χ3n) is 4.52. The molecular formula is C19H21NO2. The van der Waals surface area contributed by atoms with E-state index in [4.69, 9.17) is 9.47 Å². The van der Waals surface area contributed by atoms with Gasteiger partial charge in [0.15, 0.2) is 6.29 Å². The van der Waals surface area contributed by atoms with Crippen molar-refractivity contribution in [1.82, 2.24) is 4.90 Å². The van der Waals surface area contributed by atoms with Gasteiger partial charge in [0.2, 0.25) is 0 Å². The lowest BCUT2D eigenvalue weighted by Gasteiger charge is -2.52. The summed E-state index contributed by atoms with van der Waals surface area (Å²) in [7, 11) is 0. The van der Waals surface area contributed by atoms with E-state index < -0.39 is 0 Å². The third-order valence-corrected chi connectivity index (χ3v) is 4.52. The molecule has 4 rings (SSSR count). The number of rotatable bonds is 3. The fourth-order valence-corrected chi connectivity index (χ4v) is 3.44. The molecule has 0 radical (unpaired) electrons. The molecule has 0 N–H and O–H groups in total. The summed E-state index contributed by atoms with van der Waals surface area (Å²) in [4.78, 5) is 2.46. The van der Waals surface area contributed by atoms with E-state index in [2.05, 4.69) is 47.4 Å². The quantitative estimate of drug-likeness (QED) is 0.868. The van der Waals surface area contributed by atoms with Crippen LogP contribution in [0, 0.1) is 5.41 Å². The van der Waals surface area contributed by atoms with E-state index in [0.29, 0.717) is 0 Å². The Morgan fingerprint density at radius 3 is 2.09 bits per heavy atom. The van der Waals surface area contributed by atoms with Crippen LogP contribution in [0.15, 0.2) is 60.7 Å². The fraction of sp³-hybridized carbons (Fsp3) is 0.368. The van der Waals surface area contributed by atoms with Gasteiger partial charge in [-0.15, -0.1) is 0 Å².